The van der Waals surface area contributed by atoms with Crippen LogP contribution in [0.15, 0.2) is 35.3 Å². The molecule has 0 radical (unpaired) electrons. The van der Waals surface area contributed by atoms with Crippen LogP contribution in [0, 0.1) is 5.82 Å². The van der Waals surface area contributed by atoms with Gasteiger partial charge in [-0.25, -0.2) is 9.37 Å². The molecule has 9 heteroatoms. The minimum atomic E-state index is -2.58. The van der Waals surface area contributed by atoms with Crippen molar-refractivity contribution in [2.75, 3.05) is 29.5 Å². The molecule has 0 bridgehead atoms. The predicted molar refractivity (Wildman–Crippen MR) is 103 cm³/mol. The van der Waals surface area contributed by atoms with Gasteiger partial charge in [0.25, 0.3) is 5.56 Å². The van der Waals surface area contributed by atoms with Crippen molar-refractivity contribution >= 4 is 22.7 Å². The zero-order chi connectivity index (χ0) is 19.4. The van der Waals surface area contributed by atoms with Gasteiger partial charge < -0.3 is 14.3 Å². The average Bonchev–Trinajstić information content (AvgIpc) is 2.64. The first-order valence-corrected chi connectivity index (χ1v) is 10.5. The topological polar surface area (TPSA) is 95.7 Å². The fraction of sp³-hybridized carbons (Fsp3) is 0.389. The summed E-state index contributed by atoms with van der Waals surface area (Å²) < 4.78 is 34.2. The standard InChI is InChI=1S/C18H22FN3O4S/c19-15-5-3-14(4-6-15)12-22-13-16(2-1-9-23)20-17(18(22)24)21-7-10-27(25,26)11-8-21/h3-6,9,13,25-26H,1-2,7-8,10-12H2. The van der Waals surface area contributed by atoms with Crippen LogP contribution in [0.1, 0.15) is 17.7 Å². The number of anilines is 1. The van der Waals surface area contributed by atoms with Crippen LogP contribution in [0.4, 0.5) is 10.2 Å². The van der Waals surface area contributed by atoms with Crippen molar-refractivity contribution in [3.05, 3.63) is 57.9 Å². The van der Waals surface area contributed by atoms with Gasteiger partial charge >= 0.3 is 0 Å². The van der Waals surface area contributed by atoms with Gasteiger partial charge in [0, 0.05) is 25.7 Å². The number of benzene rings is 1. The summed E-state index contributed by atoms with van der Waals surface area (Å²) in [6.07, 6.45) is 3.12. The fourth-order valence-electron chi connectivity index (χ4n) is 2.96. The van der Waals surface area contributed by atoms with Gasteiger partial charge in [0.15, 0.2) is 5.82 Å². The minimum Gasteiger partial charge on any atom is -0.349 e. The Hall–Kier alpha value is -2.23. The Balaban J connectivity index is 1.93. The summed E-state index contributed by atoms with van der Waals surface area (Å²) in [4.78, 5) is 29.8. The average molecular weight is 395 g/mol. The molecule has 0 atom stereocenters. The van der Waals surface area contributed by atoms with Crippen molar-refractivity contribution in [2.45, 2.75) is 19.4 Å². The van der Waals surface area contributed by atoms with E-state index < -0.39 is 10.6 Å². The molecule has 2 heterocycles. The number of nitrogens with zero attached hydrogens (tertiary/aromatic N) is 3. The lowest BCUT2D eigenvalue weighted by Gasteiger charge is -2.41. The maximum atomic E-state index is 13.1. The molecule has 0 spiro atoms. The number of aldehydes is 1. The SMILES string of the molecule is O=CCCc1cn(Cc2ccc(F)cc2)c(=O)c(N2CCS(O)(O)CC2)n1. The molecule has 0 aliphatic carbocycles. The van der Waals surface area contributed by atoms with Crippen molar-refractivity contribution < 1.29 is 18.3 Å². The third kappa shape index (κ3) is 4.94. The summed E-state index contributed by atoms with van der Waals surface area (Å²) in [5, 5.41) is 0. The maximum Gasteiger partial charge on any atom is 0.293 e. The third-order valence-corrected chi connectivity index (χ3v) is 6.14. The first-order valence-electron chi connectivity index (χ1n) is 8.65. The summed E-state index contributed by atoms with van der Waals surface area (Å²) in [5.74, 6) is 0.297. The molecule has 27 heavy (non-hydrogen) atoms. The molecule has 1 fully saturated rings. The zero-order valence-electron chi connectivity index (χ0n) is 14.8. The van der Waals surface area contributed by atoms with Crippen molar-refractivity contribution in [3.63, 3.8) is 0 Å². The Morgan fingerprint density at radius 1 is 1.19 bits per heavy atom. The molecule has 3 rings (SSSR count). The van der Waals surface area contributed by atoms with Crippen LogP contribution < -0.4 is 10.5 Å². The molecule has 2 aromatic rings. The Morgan fingerprint density at radius 2 is 1.85 bits per heavy atom. The molecule has 0 saturated carbocycles. The Morgan fingerprint density at radius 3 is 2.48 bits per heavy atom. The molecule has 2 N–H and O–H groups in total. The van der Waals surface area contributed by atoms with E-state index in [1.807, 2.05) is 0 Å². The summed E-state index contributed by atoms with van der Waals surface area (Å²) in [6.45, 7) is 0.919. The van der Waals surface area contributed by atoms with Crippen LogP contribution in [0.2, 0.25) is 0 Å². The monoisotopic (exact) mass is 395 g/mol. The number of hydrogen-bond acceptors (Lipinski definition) is 6. The largest absolute Gasteiger partial charge is 0.349 e. The molecule has 0 unspecified atom stereocenters. The quantitative estimate of drug-likeness (QED) is 0.728. The van der Waals surface area contributed by atoms with E-state index in [-0.39, 0.29) is 35.2 Å². The van der Waals surface area contributed by atoms with Crippen molar-refractivity contribution in [3.8, 4) is 0 Å². The van der Waals surface area contributed by atoms with Crippen molar-refractivity contribution in [1.82, 2.24) is 9.55 Å². The molecular weight excluding hydrogens is 373 g/mol. The smallest absolute Gasteiger partial charge is 0.293 e. The highest BCUT2D eigenvalue weighted by molar-refractivity contribution is 8.24. The van der Waals surface area contributed by atoms with Crippen LogP contribution in [-0.2, 0) is 17.8 Å². The third-order valence-electron chi connectivity index (χ3n) is 4.47. The van der Waals surface area contributed by atoms with Crippen molar-refractivity contribution in [2.24, 2.45) is 0 Å². The molecule has 1 aromatic carbocycles. The summed E-state index contributed by atoms with van der Waals surface area (Å²) in [6, 6.07) is 5.91. The number of carbonyl (C=O) groups is 1. The predicted octanol–water partition coefficient (Wildman–Crippen LogP) is 2.13. The van der Waals surface area contributed by atoms with Gasteiger partial charge in [-0.2, -0.15) is 10.6 Å². The molecule has 146 valence electrons. The van der Waals surface area contributed by atoms with E-state index in [2.05, 4.69) is 4.98 Å². The van der Waals surface area contributed by atoms with Gasteiger partial charge in [-0.1, -0.05) is 12.1 Å². The Bertz CT molecular complexity index is 860. The minimum absolute atomic E-state index is 0.199. The number of hydrogen-bond donors (Lipinski definition) is 2. The second kappa shape index (κ2) is 8.20. The van der Waals surface area contributed by atoms with E-state index in [4.69, 9.17) is 0 Å². The van der Waals surface area contributed by atoms with Crippen LogP contribution in [0.25, 0.3) is 0 Å². The fourth-order valence-corrected chi connectivity index (χ4v) is 4.19. The maximum absolute atomic E-state index is 13.1. The molecule has 1 aliphatic heterocycles. The lowest BCUT2D eigenvalue weighted by atomic mass is 10.2. The molecular formula is C18H22FN3O4S. The van der Waals surface area contributed by atoms with Gasteiger partial charge in [0.05, 0.1) is 23.7 Å². The van der Waals surface area contributed by atoms with E-state index >= 15 is 0 Å². The van der Waals surface area contributed by atoms with Crippen LogP contribution >= 0.6 is 10.6 Å². The highest BCUT2D eigenvalue weighted by Gasteiger charge is 2.25. The normalized spacial score (nSPS) is 17.5. The first-order chi connectivity index (χ1) is 12.9. The number of aromatic nitrogens is 2. The van der Waals surface area contributed by atoms with Gasteiger partial charge in [-0.15, -0.1) is 0 Å². The second-order valence-corrected chi connectivity index (χ2v) is 8.94. The van der Waals surface area contributed by atoms with E-state index in [0.717, 1.165) is 11.8 Å². The number of rotatable bonds is 6. The van der Waals surface area contributed by atoms with E-state index in [1.165, 1.54) is 16.7 Å². The Kier molecular flexibility index (Phi) is 5.93. The summed E-state index contributed by atoms with van der Waals surface area (Å²) in [5.41, 5.74) is 1.08. The zero-order valence-corrected chi connectivity index (χ0v) is 15.6. The van der Waals surface area contributed by atoms with Gasteiger partial charge in [0.1, 0.15) is 12.1 Å². The molecule has 1 saturated heterocycles. The molecule has 1 aromatic heterocycles. The summed E-state index contributed by atoms with van der Waals surface area (Å²) in [7, 11) is -2.58. The lowest BCUT2D eigenvalue weighted by Crippen LogP contribution is -2.42. The highest BCUT2D eigenvalue weighted by atomic mass is 32.3. The number of aryl methyl sites for hydroxylation is 1. The number of carbonyl (C=O) groups excluding carboxylic acids is 1. The highest BCUT2D eigenvalue weighted by Crippen LogP contribution is 2.40. The van der Waals surface area contributed by atoms with Gasteiger partial charge in [0.2, 0.25) is 0 Å². The van der Waals surface area contributed by atoms with Crippen LogP contribution in [0.5, 0.6) is 0 Å². The molecule has 1 aliphatic rings. The molecule has 0 amide bonds. The lowest BCUT2D eigenvalue weighted by molar-refractivity contribution is -0.107. The van der Waals surface area contributed by atoms with Gasteiger partial charge in [-0.05, 0) is 24.1 Å². The van der Waals surface area contributed by atoms with Gasteiger partial charge in [-0.3, -0.25) is 13.9 Å². The molecule has 7 nitrogen and oxygen atoms in total. The summed E-state index contributed by atoms with van der Waals surface area (Å²) >= 11 is 0. The van der Waals surface area contributed by atoms with Crippen molar-refractivity contribution in [1.29, 1.82) is 0 Å². The van der Waals surface area contributed by atoms with E-state index in [1.54, 1.807) is 23.2 Å². The van der Waals surface area contributed by atoms with E-state index in [9.17, 15) is 23.1 Å². The number of halogens is 1. The second-order valence-electron chi connectivity index (χ2n) is 6.52. The Labute approximate surface area is 157 Å². The van der Waals surface area contributed by atoms with E-state index in [0.29, 0.717) is 31.6 Å². The van der Waals surface area contributed by atoms with Crippen LogP contribution in [-0.4, -0.2) is 49.5 Å². The first kappa shape index (κ1) is 19.5. The van der Waals surface area contributed by atoms with Crippen LogP contribution in [0.3, 0.4) is 0 Å².